The minimum atomic E-state index is -0.0843. The first kappa shape index (κ1) is 35.1. The van der Waals surface area contributed by atoms with Gasteiger partial charge in [0.25, 0.3) is 0 Å². The summed E-state index contributed by atoms with van der Waals surface area (Å²) < 4.78 is 0. The Morgan fingerprint density at radius 2 is 1.03 bits per heavy atom. The zero-order chi connectivity index (χ0) is 39.3. The molecule has 0 heterocycles. The molecule has 6 aromatic rings. The summed E-state index contributed by atoms with van der Waals surface area (Å²) in [5.41, 5.74) is 21.6. The van der Waals surface area contributed by atoms with Crippen LogP contribution < -0.4 is 4.90 Å². The maximum atomic E-state index is 2.68. The number of nitrogens with zero attached hydrogens (tertiary/aromatic N) is 1. The van der Waals surface area contributed by atoms with Crippen LogP contribution in [-0.2, 0) is 21.7 Å². The van der Waals surface area contributed by atoms with Crippen LogP contribution >= 0.6 is 0 Å². The first-order valence-electron chi connectivity index (χ1n) is 22.5. The molecule has 58 heavy (non-hydrogen) atoms. The normalized spacial score (nSPS) is 26.8. The Balaban J connectivity index is 1.12. The highest BCUT2D eigenvalue weighted by Crippen LogP contribution is 2.71. The Hall–Kier alpha value is -4.88. The van der Waals surface area contributed by atoms with Gasteiger partial charge in [0.15, 0.2) is 0 Å². The predicted octanol–water partition coefficient (Wildman–Crippen LogP) is 15.2. The lowest BCUT2D eigenvalue weighted by Gasteiger charge is -2.61. The van der Waals surface area contributed by atoms with Crippen molar-refractivity contribution < 1.29 is 0 Å². The molecule has 0 N–H and O–H groups in total. The number of hydrogen-bond donors (Lipinski definition) is 0. The molecule has 0 aromatic heterocycles. The minimum Gasteiger partial charge on any atom is -0.310 e. The van der Waals surface area contributed by atoms with Crippen LogP contribution in [0.15, 0.2) is 127 Å². The van der Waals surface area contributed by atoms with Crippen molar-refractivity contribution in [2.45, 2.75) is 108 Å². The van der Waals surface area contributed by atoms with Gasteiger partial charge in [0.2, 0.25) is 0 Å². The Kier molecular flexibility index (Phi) is 7.18. The molecular formula is C57H57N. The zero-order valence-corrected chi connectivity index (χ0v) is 35.3. The Labute approximate surface area is 346 Å². The van der Waals surface area contributed by atoms with Crippen LogP contribution in [0.25, 0.3) is 33.4 Å². The summed E-state index contributed by atoms with van der Waals surface area (Å²) in [6, 6.07) is 50.2. The van der Waals surface area contributed by atoms with E-state index in [1.807, 2.05) is 0 Å². The number of rotatable bonds is 4. The molecule has 0 unspecified atom stereocenters. The van der Waals surface area contributed by atoms with E-state index in [9.17, 15) is 0 Å². The molecular weight excluding hydrogens is 699 g/mol. The third kappa shape index (κ3) is 4.65. The largest absolute Gasteiger partial charge is 0.310 e. The average Bonchev–Trinajstić information content (AvgIpc) is 3.64. The van der Waals surface area contributed by atoms with Crippen LogP contribution in [0.1, 0.15) is 120 Å². The lowest BCUT2D eigenvalue weighted by atomic mass is 9.43. The molecule has 0 amide bonds. The van der Waals surface area contributed by atoms with Crippen molar-refractivity contribution in [2.75, 3.05) is 4.90 Å². The SMILES string of the molecule is CC1(C)CCC(C)(C)c2cc(N(c3ccc4c(c3)C(C)(C)c3ccccc3-4)c3cccc4c3-c3ccc(-c5ccccc5)cc3C43C4CC5CC(C4)CC3C5)ccc21. The summed E-state index contributed by atoms with van der Waals surface area (Å²) >= 11 is 0. The summed E-state index contributed by atoms with van der Waals surface area (Å²) in [5, 5.41) is 0. The highest BCUT2D eigenvalue weighted by molar-refractivity contribution is 5.97. The van der Waals surface area contributed by atoms with Crippen LogP contribution in [0.3, 0.4) is 0 Å². The number of anilines is 3. The van der Waals surface area contributed by atoms with Gasteiger partial charge in [-0.05, 0) is 177 Å². The van der Waals surface area contributed by atoms with Crippen molar-refractivity contribution >= 4 is 17.1 Å². The topological polar surface area (TPSA) is 3.24 Å². The maximum absolute atomic E-state index is 2.68. The molecule has 1 spiro atoms. The van der Waals surface area contributed by atoms with E-state index in [0.29, 0.717) is 11.8 Å². The summed E-state index contributed by atoms with van der Waals surface area (Å²) in [7, 11) is 0. The van der Waals surface area contributed by atoms with E-state index >= 15 is 0 Å². The predicted molar refractivity (Wildman–Crippen MR) is 243 cm³/mol. The van der Waals surface area contributed by atoms with Gasteiger partial charge in [-0.1, -0.05) is 133 Å². The van der Waals surface area contributed by atoms with E-state index < -0.39 is 0 Å². The fourth-order valence-corrected chi connectivity index (χ4v) is 14.2. The van der Waals surface area contributed by atoms with Gasteiger partial charge < -0.3 is 4.90 Å². The van der Waals surface area contributed by atoms with E-state index in [1.165, 1.54) is 118 Å². The number of benzene rings is 6. The molecule has 7 aliphatic rings. The molecule has 4 bridgehead atoms. The molecule has 0 aliphatic heterocycles. The first-order chi connectivity index (χ1) is 27.9. The fourth-order valence-electron chi connectivity index (χ4n) is 14.2. The molecule has 1 heteroatoms. The second-order valence-corrected chi connectivity index (χ2v) is 21.2. The molecule has 0 saturated heterocycles. The fraction of sp³-hybridized carbons (Fsp3) is 0.368. The Morgan fingerprint density at radius 3 is 1.78 bits per heavy atom. The van der Waals surface area contributed by atoms with Crippen LogP contribution in [-0.4, -0.2) is 0 Å². The van der Waals surface area contributed by atoms with E-state index in [4.69, 9.17) is 0 Å². The van der Waals surface area contributed by atoms with Gasteiger partial charge in [0.05, 0.1) is 5.69 Å². The van der Waals surface area contributed by atoms with Crippen LogP contribution in [0, 0.1) is 23.7 Å². The van der Waals surface area contributed by atoms with E-state index in [1.54, 1.807) is 11.1 Å². The molecule has 0 atom stereocenters. The van der Waals surface area contributed by atoms with Gasteiger partial charge in [0, 0.05) is 27.8 Å². The smallest absolute Gasteiger partial charge is 0.0543 e. The summed E-state index contributed by atoms with van der Waals surface area (Å²) in [4.78, 5) is 2.68. The molecule has 4 fully saturated rings. The molecule has 13 rings (SSSR count). The molecule has 7 aliphatic carbocycles. The van der Waals surface area contributed by atoms with E-state index in [-0.39, 0.29) is 21.7 Å². The quantitative estimate of drug-likeness (QED) is 0.173. The van der Waals surface area contributed by atoms with Gasteiger partial charge >= 0.3 is 0 Å². The minimum absolute atomic E-state index is 0.0635. The number of fused-ring (bicyclic) bond motifs is 7. The second kappa shape index (κ2) is 11.9. The zero-order valence-electron chi connectivity index (χ0n) is 35.3. The van der Waals surface area contributed by atoms with Crippen molar-refractivity contribution in [3.63, 3.8) is 0 Å². The van der Waals surface area contributed by atoms with E-state index in [2.05, 4.69) is 174 Å². The third-order valence-corrected chi connectivity index (χ3v) is 16.9. The first-order valence-corrected chi connectivity index (χ1v) is 22.5. The van der Waals surface area contributed by atoms with Crippen molar-refractivity contribution in [3.05, 3.63) is 161 Å². The standard InChI is InChI=1S/C57H57N/c1-54(2)25-26-55(3,4)51-34-42(21-24-47(51)54)58(41-20-23-44-43-15-10-11-16-46(43)56(5,6)49(44)33-41)52-18-12-17-48-53(52)45-22-19-38(37-13-8-7-9-14-37)32-50(45)57(48)39-28-35-27-36(30-39)31-40(57)29-35/h7-24,32-36,39-40H,25-31H2,1-6H3. The molecule has 4 saturated carbocycles. The Morgan fingerprint density at radius 1 is 0.431 bits per heavy atom. The third-order valence-electron chi connectivity index (χ3n) is 16.9. The maximum Gasteiger partial charge on any atom is 0.0543 e. The van der Waals surface area contributed by atoms with Crippen LogP contribution in [0.4, 0.5) is 17.1 Å². The lowest BCUT2D eigenvalue weighted by Crippen LogP contribution is -2.55. The van der Waals surface area contributed by atoms with Gasteiger partial charge in [-0.3, -0.25) is 0 Å². The highest BCUT2D eigenvalue weighted by Gasteiger charge is 2.62. The summed E-state index contributed by atoms with van der Waals surface area (Å²) in [6.45, 7) is 14.7. The second-order valence-electron chi connectivity index (χ2n) is 21.2. The van der Waals surface area contributed by atoms with E-state index in [0.717, 1.165) is 11.8 Å². The lowest BCUT2D eigenvalue weighted by molar-refractivity contribution is -0.0399. The monoisotopic (exact) mass is 755 g/mol. The van der Waals surface area contributed by atoms with Crippen molar-refractivity contribution in [2.24, 2.45) is 23.7 Å². The van der Waals surface area contributed by atoms with Crippen molar-refractivity contribution in [3.8, 4) is 33.4 Å². The molecule has 6 aromatic carbocycles. The highest BCUT2D eigenvalue weighted by atomic mass is 15.1. The number of hydrogen-bond acceptors (Lipinski definition) is 1. The van der Waals surface area contributed by atoms with Crippen LogP contribution in [0.5, 0.6) is 0 Å². The molecule has 290 valence electrons. The van der Waals surface area contributed by atoms with Crippen molar-refractivity contribution in [1.82, 2.24) is 0 Å². The van der Waals surface area contributed by atoms with Gasteiger partial charge in [-0.15, -0.1) is 0 Å². The Bertz CT molecular complexity index is 2640. The summed E-state index contributed by atoms with van der Waals surface area (Å²) in [5.74, 6) is 3.20. The molecule has 1 nitrogen and oxygen atoms in total. The van der Waals surface area contributed by atoms with Gasteiger partial charge in [0.1, 0.15) is 0 Å². The van der Waals surface area contributed by atoms with Gasteiger partial charge in [-0.2, -0.15) is 0 Å². The summed E-state index contributed by atoms with van der Waals surface area (Å²) in [6.07, 6.45) is 9.41. The average molecular weight is 756 g/mol. The van der Waals surface area contributed by atoms with Crippen LogP contribution in [0.2, 0.25) is 0 Å². The van der Waals surface area contributed by atoms with Gasteiger partial charge in [-0.25, -0.2) is 0 Å². The molecule has 0 radical (unpaired) electrons. The van der Waals surface area contributed by atoms with Crippen molar-refractivity contribution in [1.29, 1.82) is 0 Å².